The molecule has 0 saturated carbocycles. The van der Waals surface area contributed by atoms with E-state index in [0.29, 0.717) is 22.7 Å². The van der Waals surface area contributed by atoms with Crippen LogP contribution in [0.25, 0.3) is 11.4 Å². The van der Waals surface area contributed by atoms with Crippen molar-refractivity contribution in [1.29, 1.82) is 0 Å². The average Bonchev–Trinajstić information content (AvgIpc) is 3.10. The highest BCUT2D eigenvalue weighted by molar-refractivity contribution is 7.99. The predicted molar refractivity (Wildman–Crippen MR) is 83.7 cm³/mol. The first-order chi connectivity index (χ1) is 10.6. The third-order valence-corrected chi connectivity index (χ3v) is 4.34. The SMILES string of the molecule is Cc1ccccc1-c1noc([C@H](C)Sc2nnc(C)n2N)n1. The fraction of sp³-hybridized carbons (Fsp3) is 0.286. The molecule has 0 fully saturated rings. The largest absolute Gasteiger partial charge is 0.338 e. The fourth-order valence-electron chi connectivity index (χ4n) is 1.97. The molecule has 0 saturated heterocycles. The van der Waals surface area contributed by atoms with Crippen molar-refractivity contribution in [2.24, 2.45) is 0 Å². The Morgan fingerprint density at radius 2 is 2.00 bits per heavy atom. The number of hydrogen-bond donors (Lipinski definition) is 1. The molecule has 1 aromatic carbocycles. The standard InChI is InChI=1S/C14H16N6OS/c1-8-6-4-5-7-11(8)12-16-13(21-19-12)9(2)22-14-18-17-10(3)20(14)15/h4-7,9H,15H2,1-3H3/t9-/m0/s1. The molecule has 3 rings (SSSR count). The minimum absolute atomic E-state index is 0.0730. The van der Waals surface area contributed by atoms with Crippen molar-refractivity contribution >= 4 is 11.8 Å². The number of nitrogen functional groups attached to an aromatic ring is 1. The van der Waals surface area contributed by atoms with E-state index < -0.39 is 0 Å². The van der Waals surface area contributed by atoms with Gasteiger partial charge in [0.15, 0.2) is 0 Å². The van der Waals surface area contributed by atoms with Crippen LogP contribution in [0.4, 0.5) is 0 Å². The number of aromatic nitrogens is 5. The molecule has 7 nitrogen and oxygen atoms in total. The van der Waals surface area contributed by atoms with Crippen LogP contribution < -0.4 is 5.84 Å². The Hall–Kier alpha value is -2.35. The molecule has 114 valence electrons. The molecular formula is C14H16N6OS. The van der Waals surface area contributed by atoms with Gasteiger partial charge in [0, 0.05) is 5.56 Å². The van der Waals surface area contributed by atoms with Crippen LogP contribution in [0, 0.1) is 13.8 Å². The molecule has 0 aliphatic carbocycles. The summed E-state index contributed by atoms with van der Waals surface area (Å²) in [5.74, 6) is 7.62. The van der Waals surface area contributed by atoms with E-state index in [9.17, 15) is 0 Å². The van der Waals surface area contributed by atoms with Crippen LogP contribution in [0.2, 0.25) is 0 Å². The van der Waals surface area contributed by atoms with Crippen LogP contribution in [0.1, 0.15) is 29.5 Å². The number of nitrogens with zero attached hydrogens (tertiary/aromatic N) is 5. The third kappa shape index (κ3) is 2.69. The Morgan fingerprint density at radius 3 is 2.68 bits per heavy atom. The van der Waals surface area contributed by atoms with Crippen LogP contribution in [0.3, 0.4) is 0 Å². The molecule has 2 N–H and O–H groups in total. The highest BCUT2D eigenvalue weighted by Gasteiger charge is 2.20. The van der Waals surface area contributed by atoms with Crippen molar-refractivity contribution < 1.29 is 4.52 Å². The normalized spacial score (nSPS) is 12.5. The summed E-state index contributed by atoms with van der Waals surface area (Å²) in [7, 11) is 0. The quantitative estimate of drug-likeness (QED) is 0.583. The minimum Gasteiger partial charge on any atom is -0.338 e. The number of thioether (sulfide) groups is 1. The van der Waals surface area contributed by atoms with Crippen molar-refractivity contribution in [3.63, 3.8) is 0 Å². The Labute approximate surface area is 131 Å². The van der Waals surface area contributed by atoms with Gasteiger partial charge in [0.1, 0.15) is 5.82 Å². The van der Waals surface area contributed by atoms with Crippen molar-refractivity contribution in [3.05, 3.63) is 41.5 Å². The van der Waals surface area contributed by atoms with Gasteiger partial charge in [-0.3, -0.25) is 0 Å². The van der Waals surface area contributed by atoms with Crippen molar-refractivity contribution in [1.82, 2.24) is 25.0 Å². The summed E-state index contributed by atoms with van der Waals surface area (Å²) in [5, 5.41) is 12.6. The Balaban J connectivity index is 1.81. The predicted octanol–water partition coefficient (Wildman–Crippen LogP) is 2.51. The molecular weight excluding hydrogens is 300 g/mol. The zero-order valence-corrected chi connectivity index (χ0v) is 13.3. The number of benzene rings is 1. The first-order valence-electron chi connectivity index (χ1n) is 6.79. The van der Waals surface area contributed by atoms with Crippen LogP contribution >= 0.6 is 11.8 Å². The zero-order valence-electron chi connectivity index (χ0n) is 12.5. The summed E-state index contributed by atoms with van der Waals surface area (Å²) in [6, 6.07) is 7.93. The van der Waals surface area contributed by atoms with Gasteiger partial charge in [-0.1, -0.05) is 41.2 Å². The lowest BCUT2D eigenvalue weighted by Crippen LogP contribution is -2.11. The molecule has 3 aromatic rings. The van der Waals surface area contributed by atoms with Gasteiger partial charge in [-0.25, -0.2) is 4.68 Å². The number of hydrogen-bond acceptors (Lipinski definition) is 7. The molecule has 22 heavy (non-hydrogen) atoms. The van der Waals surface area contributed by atoms with Crippen molar-refractivity contribution in [2.45, 2.75) is 31.2 Å². The maximum atomic E-state index is 5.85. The molecule has 2 aromatic heterocycles. The Bertz CT molecular complexity index is 796. The highest BCUT2D eigenvalue weighted by Crippen LogP contribution is 2.33. The molecule has 2 heterocycles. The molecule has 0 bridgehead atoms. The van der Waals surface area contributed by atoms with E-state index in [0.717, 1.165) is 11.1 Å². The van der Waals surface area contributed by atoms with E-state index >= 15 is 0 Å². The Morgan fingerprint density at radius 1 is 1.23 bits per heavy atom. The van der Waals surface area contributed by atoms with Gasteiger partial charge >= 0.3 is 0 Å². The maximum absolute atomic E-state index is 5.85. The van der Waals surface area contributed by atoms with Gasteiger partial charge < -0.3 is 10.4 Å². The van der Waals surface area contributed by atoms with Gasteiger partial charge in [0.25, 0.3) is 0 Å². The van der Waals surface area contributed by atoms with Crippen molar-refractivity contribution in [2.75, 3.05) is 5.84 Å². The van der Waals surface area contributed by atoms with Crippen LogP contribution in [0.15, 0.2) is 33.9 Å². The molecule has 1 atom stereocenters. The summed E-state index contributed by atoms with van der Waals surface area (Å²) in [5.41, 5.74) is 2.07. The zero-order chi connectivity index (χ0) is 15.7. The van der Waals surface area contributed by atoms with Gasteiger partial charge in [-0.05, 0) is 26.3 Å². The summed E-state index contributed by atoms with van der Waals surface area (Å²) in [6.45, 7) is 5.78. The molecule has 0 spiro atoms. The van der Waals surface area contributed by atoms with E-state index in [1.807, 2.05) is 38.1 Å². The molecule has 0 unspecified atom stereocenters. The fourth-order valence-corrected chi connectivity index (χ4v) is 2.82. The topological polar surface area (TPSA) is 95.7 Å². The van der Waals surface area contributed by atoms with Crippen LogP contribution in [-0.4, -0.2) is 25.0 Å². The molecule has 0 amide bonds. The van der Waals surface area contributed by atoms with E-state index in [2.05, 4.69) is 20.3 Å². The summed E-state index contributed by atoms with van der Waals surface area (Å²) in [6.07, 6.45) is 0. The van der Waals surface area contributed by atoms with Gasteiger partial charge in [-0.2, -0.15) is 4.98 Å². The molecule has 0 aliphatic rings. The Kier molecular flexibility index (Phi) is 3.84. The van der Waals surface area contributed by atoms with E-state index in [4.69, 9.17) is 10.4 Å². The van der Waals surface area contributed by atoms with Crippen LogP contribution in [0.5, 0.6) is 0 Å². The van der Waals surface area contributed by atoms with Crippen LogP contribution in [-0.2, 0) is 0 Å². The number of rotatable bonds is 4. The molecule has 0 radical (unpaired) electrons. The number of aryl methyl sites for hydroxylation is 2. The highest BCUT2D eigenvalue weighted by atomic mass is 32.2. The van der Waals surface area contributed by atoms with E-state index in [1.165, 1.54) is 16.4 Å². The second kappa shape index (κ2) is 5.80. The lowest BCUT2D eigenvalue weighted by molar-refractivity contribution is 0.380. The van der Waals surface area contributed by atoms with Gasteiger partial charge in [0.2, 0.25) is 16.9 Å². The molecule has 0 aliphatic heterocycles. The van der Waals surface area contributed by atoms with E-state index in [-0.39, 0.29) is 5.25 Å². The number of nitrogens with two attached hydrogens (primary N) is 1. The summed E-state index contributed by atoms with van der Waals surface area (Å²) < 4.78 is 6.82. The maximum Gasteiger partial charge on any atom is 0.240 e. The summed E-state index contributed by atoms with van der Waals surface area (Å²) in [4.78, 5) is 4.48. The van der Waals surface area contributed by atoms with Crippen molar-refractivity contribution in [3.8, 4) is 11.4 Å². The first-order valence-corrected chi connectivity index (χ1v) is 7.67. The monoisotopic (exact) mass is 316 g/mol. The third-order valence-electron chi connectivity index (χ3n) is 3.29. The second-order valence-electron chi connectivity index (χ2n) is 4.93. The smallest absolute Gasteiger partial charge is 0.240 e. The molecule has 8 heteroatoms. The van der Waals surface area contributed by atoms with Gasteiger partial charge in [0.05, 0.1) is 5.25 Å². The summed E-state index contributed by atoms with van der Waals surface area (Å²) >= 11 is 1.42. The minimum atomic E-state index is -0.0730. The average molecular weight is 316 g/mol. The lowest BCUT2D eigenvalue weighted by Gasteiger charge is -2.05. The van der Waals surface area contributed by atoms with Gasteiger partial charge in [-0.15, -0.1) is 10.2 Å². The second-order valence-corrected chi connectivity index (χ2v) is 6.24. The first kappa shape index (κ1) is 14.6. The lowest BCUT2D eigenvalue weighted by atomic mass is 10.1. The van der Waals surface area contributed by atoms with E-state index in [1.54, 1.807) is 6.92 Å².